The van der Waals surface area contributed by atoms with Gasteiger partial charge < -0.3 is 33.4 Å². The van der Waals surface area contributed by atoms with Gasteiger partial charge in [-0.15, -0.1) is 0 Å². The lowest BCUT2D eigenvalue weighted by Gasteiger charge is -2.25. The van der Waals surface area contributed by atoms with Gasteiger partial charge in [0.2, 0.25) is 0 Å². The van der Waals surface area contributed by atoms with Crippen LogP contribution in [0.2, 0.25) is 0 Å². The number of aliphatic hydroxyl groups excluding tert-OH is 1. The van der Waals surface area contributed by atoms with Crippen molar-refractivity contribution in [2.75, 3.05) is 26.4 Å². The van der Waals surface area contributed by atoms with Crippen LogP contribution in [-0.2, 0) is 16.1 Å². The van der Waals surface area contributed by atoms with E-state index in [1.807, 2.05) is 6.92 Å². The van der Waals surface area contributed by atoms with Gasteiger partial charge in [-0.05, 0) is 61.4 Å². The van der Waals surface area contributed by atoms with Crippen LogP contribution in [0.15, 0.2) is 64.8 Å². The van der Waals surface area contributed by atoms with Crippen LogP contribution in [0.5, 0.6) is 23.0 Å². The second kappa shape index (κ2) is 12.2. The van der Waals surface area contributed by atoms with Gasteiger partial charge in [0.1, 0.15) is 24.7 Å². The Morgan fingerprint density at radius 2 is 1.80 bits per heavy atom. The molecule has 2 aliphatic rings. The molecule has 1 atom stereocenters. The number of rotatable bonds is 11. The summed E-state index contributed by atoms with van der Waals surface area (Å²) in [5, 5.41) is 11.5. The monoisotopic (exact) mass is 547 g/mol. The molecule has 9 heteroatoms. The predicted molar refractivity (Wildman–Crippen MR) is 147 cm³/mol. The Morgan fingerprint density at radius 1 is 0.975 bits per heavy atom. The van der Waals surface area contributed by atoms with Crippen LogP contribution < -0.4 is 18.9 Å². The van der Waals surface area contributed by atoms with Gasteiger partial charge in [-0.1, -0.05) is 25.8 Å². The van der Waals surface area contributed by atoms with Crippen molar-refractivity contribution in [2.45, 2.75) is 45.7 Å². The molecule has 9 nitrogen and oxygen atoms in total. The molecule has 0 saturated carbocycles. The third-order valence-corrected chi connectivity index (χ3v) is 6.85. The molecule has 1 saturated heterocycles. The summed E-state index contributed by atoms with van der Waals surface area (Å²) in [6.07, 6.45) is 4.57. The molecule has 210 valence electrons. The van der Waals surface area contributed by atoms with Gasteiger partial charge in [0.25, 0.3) is 11.7 Å². The van der Waals surface area contributed by atoms with E-state index in [9.17, 15) is 14.7 Å². The molecule has 0 bridgehead atoms. The Morgan fingerprint density at radius 3 is 2.55 bits per heavy atom. The molecule has 0 aliphatic carbocycles. The molecular formula is C31H33NO8. The van der Waals surface area contributed by atoms with E-state index in [1.54, 1.807) is 48.5 Å². The maximum Gasteiger partial charge on any atom is 0.296 e. The van der Waals surface area contributed by atoms with Crippen molar-refractivity contribution in [3.8, 4) is 23.0 Å². The van der Waals surface area contributed by atoms with Crippen molar-refractivity contribution in [1.29, 1.82) is 0 Å². The first-order chi connectivity index (χ1) is 19.5. The van der Waals surface area contributed by atoms with Crippen molar-refractivity contribution in [1.82, 2.24) is 4.90 Å². The van der Waals surface area contributed by atoms with E-state index < -0.39 is 17.7 Å². The highest BCUT2D eigenvalue weighted by Crippen LogP contribution is 2.43. The maximum atomic E-state index is 13.5. The molecule has 0 radical (unpaired) electrons. The summed E-state index contributed by atoms with van der Waals surface area (Å²) in [4.78, 5) is 28.2. The Labute approximate surface area is 232 Å². The second-order valence-electron chi connectivity index (χ2n) is 9.56. The SMILES string of the molecule is CCCCCOc1ccc([C@H]2C(=C(O)c3ccc4c(c3)OCCO4)C(=O)C(=O)N2Cc2ccco2)cc1OCC. The number of fused-ring (bicyclic) bond motifs is 1. The van der Waals surface area contributed by atoms with Crippen molar-refractivity contribution in [2.24, 2.45) is 0 Å². The first-order valence-corrected chi connectivity index (χ1v) is 13.6. The third-order valence-electron chi connectivity index (χ3n) is 6.85. The first kappa shape index (κ1) is 27.2. The number of unbranched alkanes of at least 4 members (excludes halogenated alkanes) is 2. The van der Waals surface area contributed by atoms with Crippen molar-refractivity contribution < 1.29 is 38.1 Å². The summed E-state index contributed by atoms with van der Waals surface area (Å²) in [6, 6.07) is 12.8. The third kappa shape index (κ3) is 5.50. The number of benzene rings is 2. The van der Waals surface area contributed by atoms with Gasteiger partial charge in [0.15, 0.2) is 23.0 Å². The number of carbonyl (C=O) groups excluding carboxylic acids is 2. The Bertz CT molecular complexity index is 1390. The number of hydrogen-bond acceptors (Lipinski definition) is 8. The van der Waals surface area contributed by atoms with Gasteiger partial charge in [-0.25, -0.2) is 0 Å². The summed E-state index contributed by atoms with van der Waals surface area (Å²) in [7, 11) is 0. The number of aliphatic hydroxyl groups is 1. The zero-order chi connectivity index (χ0) is 28.1. The number of ether oxygens (including phenoxy) is 4. The van der Waals surface area contributed by atoms with Crippen LogP contribution in [0.1, 0.15) is 56.0 Å². The van der Waals surface area contributed by atoms with Crippen LogP contribution >= 0.6 is 0 Å². The summed E-state index contributed by atoms with van der Waals surface area (Å²) in [5.74, 6) is 0.761. The Balaban J connectivity index is 1.58. The maximum absolute atomic E-state index is 13.5. The summed E-state index contributed by atoms with van der Waals surface area (Å²) < 4.78 is 28.6. The number of likely N-dealkylation sites (tertiary alicyclic amines) is 1. The quantitative estimate of drug-likeness (QED) is 0.142. The van der Waals surface area contributed by atoms with Gasteiger partial charge >= 0.3 is 0 Å². The minimum atomic E-state index is -0.897. The lowest BCUT2D eigenvalue weighted by Crippen LogP contribution is -2.29. The standard InChI is InChI=1S/C31H33NO8/c1-3-5-6-13-38-23-11-9-20(17-25(23)36-4-2)28-27(30(34)31(35)32(28)19-22-8-7-14-37-22)29(33)21-10-12-24-26(18-21)40-16-15-39-24/h7-12,14,17-18,28,33H,3-6,13,15-16,19H2,1-2H3/t28-/m0/s1. The molecule has 5 rings (SSSR count). The Hall–Kier alpha value is -4.40. The summed E-state index contributed by atoms with van der Waals surface area (Å²) >= 11 is 0. The van der Waals surface area contributed by atoms with Gasteiger partial charge in [0, 0.05) is 5.56 Å². The number of ketones is 1. The number of carbonyl (C=O) groups is 2. The van der Waals surface area contributed by atoms with Gasteiger partial charge in [0.05, 0.1) is 37.6 Å². The fraction of sp³-hybridized carbons (Fsp3) is 0.355. The highest BCUT2D eigenvalue weighted by molar-refractivity contribution is 6.46. The fourth-order valence-electron chi connectivity index (χ4n) is 4.92. The van der Waals surface area contributed by atoms with Gasteiger partial charge in [-0.2, -0.15) is 0 Å². The van der Waals surface area contributed by atoms with E-state index in [2.05, 4.69) is 6.92 Å². The lowest BCUT2D eigenvalue weighted by atomic mass is 9.94. The molecule has 0 unspecified atom stereocenters. The van der Waals surface area contributed by atoms with Crippen molar-refractivity contribution >= 4 is 17.4 Å². The molecule has 2 aliphatic heterocycles. The molecular weight excluding hydrogens is 514 g/mol. The van der Waals surface area contributed by atoms with E-state index in [1.165, 1.54) is 11.2 Å². The first-order valence-electron chi connectivity index (χ1n) is 13.6. The molecule has 1 fully saturated rings. The fourth-order valence-corrected chi connectivity index (χ4v) is 4.92. The molecule has 3 heterocycles. The highest BCUT2D eigenvalue weighted by atomic mass is 16.6. The minimum absolute atomic E-state index is 0.0349. The second-order valence-corrected chi connectivity index (χ2v) is 9.56. The van der Waals surface area contributed by atoms with E-state index in [0.717, 1.165) is 19.3 Å². The molecule has 0 spiro atoms. The van der Waals surface area contributed by atoms with Crippen LogP contribution in [0.25, 0.3) is 5.76 Å². The number of amides is 1. The van der Waals surface area contributed by atoms with E-state index in [0.29, 0.717) is 66.3 Å². The van der Waals surface area contributed by atoms with Crippen molar-refractivity contribution in [3.05, 3.63) is 77.3 Å². The average Bonchev–Trinajstić information content (AvgIpc) is 3.58. The van der Waals surface area contributed by atoms with E-state index in [4.69, 9.17) is 23.4 Å². The molecule has 3 aromatic rings. The molecule has 1 N–H and O–H groups in total. The van der Waals surface area contributed by atoms with Gasteiger partial charge in [-0.3, -0.25) is 9.59 Å². The molecule has 2 aromatic carbocycles. The van der Waals surface area contributed by atoms with Crippen molar-refractivity contribution in [3.63, 3.8) is 0 Å². The smallest absolute Gasteiger partial charge is 0.296 e. The molecule has 1 aromatic heterocycles. The summed E-state index contributed by atoms with van der Waals surface area (Å²) in [5.41, 5.74) is 0.896. The van der Waals surface area contributed by atoms with E-state index >= 15 is 0 Å². The number of furan rings is 1. The Kier molecular flexibility index (Phi) is 8.28. The summed E-state index contributed by atoms with van der Waals surface area (Å²) in [6.45, 7) is 5.80. The zero-order valence-corrected chi connectivity index (χ0v) is 22.7. The largest absolute Gasteiger partial charge is 0.507 e. The number of nitrogens with zero attached hydrogens (tertiary/aromatic N) is 1. The van der Waals surface area contributed by atoms with Crippen LogP contribution in [0.3, 0.4) is 0 Å². The highest BCUT2D eigenvalue weighted by Gasteiger charge is 2.46. The van der Waals surface area contributed by atoms with E-state index in [-0.39, 0.29) is 17.9 Å². The number of hydrogen-bond donors (Lipinski definition) is 1. The average molecular weight is 548 g/mol. The number of Topliss-reactive ketones (excluding diaryl/α,β-unsaturated/α-hetero) is 1. The lowest BCUT2D eigenvalue weighted by molar-refractivity contribution is -0.140. The van der Waals surface area contributed by atoms with Crippen LogP contribution in [-0.4, -0.2) is 48.1 Å². The minimum Gasteiger partial charge on any atom is -0.507 e. The van der Waals surface area contributed by atoms with Crippen LogP contribution in [0, 0.1) is 0 Å². The van der Waals surface area contributed by atoms with Crippen LogP contribution in [0.4, 0.5) is 0 Å². The molecule has 1 amide bonds. The molecule has 40 heavy (non-hydrogen) atoms. The normalized spacial score (nSPS) is 17.8. The predicted octanol–water partition coefficient (Wildman–Crippen LogP) is 5.64. The zero-order valence-electron chi connectivity index (χ0n) is 22.7. The topological polar surface area (TPSA) is 108 Å².